The van der Waals surface area contributed by atoms with Crippen molar-refractivity contribution in [1.29, 1.82) is 0 Å². The van der Waals surface area contributed by atoms with E-state index in [1.54, 1.807) is 13.3 Å². The van der Waals surface area contributed by atoms with Crippen molar-refractivity contribution in [1.82, 2.24) is 20.1 Å². The summed E-state index contributed by atoms with van der Waals surface area (Å²) in [5.74, 6) is 2.61. The number of fused-ring (bicyclic) bond motifs is 1. The summed E-state index contributed by atoms with van der Waals surface area (Å²) in [5, 5.41) is 4.51. The number of aryl methyl sites for hydroxylation is 1. The molecular formula is C15H18ClN5O2. The fourth-order valence-corrected chi connectivity index (χ4v) is 4.17. The second-order valence-corrected chi connectivity index (χ2v) is 6.71. The lowest BCUT2D eigenvalue weighted by Crippen LogP contribution is -2.32. The van der Waals surface area contributed by atoms with Gasteiger partial charge in [0.1, 0.15) is 5.02 Å². The van der Waals surface area contributed by atoms with Crippen molar-refractivity contribution in [2.45, 2.75) is 31.6 Å². The molecule has 0 aromatic carbocycles. The van der Waals surface area contributed by atoms with Crippen molar-refractivity contribution in [3.05, 3.63) is 22.9 Å². The zero-order valence-electron chi connectivity index (χ0n) is 13.1. The van der Waals surface area contributed by atoms with Gasteiger partial charge in [-0.15, -0.1) is 0 Å². The molecule has 2 aromatic rings. The lowest BCUT2D eigenvalue weighted by atomic mass is 9.80. The van der Waals surface area contributed by atoms with Gasteiger partial charge in [-0.05, 0) is 25.7 Å². The molecule has 2 aromatic heterocycles. The number of nitrogens with zero attached hydrogens (tertiary/aromatic N) is 5. The first kappa shape index (κ1) is 14.7. The third kappa shape index (κ3) is 2.25. The number of ether oxygens (including phenoxy) is 1. The minimum Gasteiger partial charge on any atom is -0.467 e. The van der Waals surface area contributed by atoms with Crippen LogP contribution in [0.15, 0.2) is 10.7 Å². The molecule has 1 saturated heterocycles. The Hall–Kier alpha value is -1.89. The van der Waals surface area contributed by atoms with Gasteiger partial charge in [0.05, 0.1) is 18.7 Å². The third-order valence-corrected chi connectivity index (χ3v) is 5.28. The number of aromatic nitrogens is 4. The van der Waals surface area contributed by atoms with Crippen LogP contribution in [0.1, 0.15) is 31.0 Å². The molecule has 0 amide bonds. The summed E-state index contributed by atoms with van der Waals surface area (Å²) in [6, 6.07) is 0.323. The van der Waals surface area contributed by atoms with E-state index in [1.165, 1.54) is 6.42 Å². The van der Waals surface area contributed by atoms with Gasteiger partial charge in [0.15, 0.2) is 11.6 Å². The Bertz CT molecular complexity index is 736. The maximum atomic E-state index is 6.31. The van der Waals surface area contributed by atoms with Crippen molar-refractivity contribution < 1.29 is 9.26 Å². The molecule has 2 fully saturated rings. The Labute approximate surface area is 139 Å². The van der Waals surface area contributed by atoms with E-state index in [-0.39, 0.29) is 5.41 Å². The minimum absolute atomic E-state index is 0.0945. The Kier molecular flexibility index (Phi) is 3.41. The summed E-state index contributed by atoms with van der Waals surface area (Å²) in [6.07, 6.45) is 4.97. The van der Waals surface area contributed by atoms with Crippen LogP contribution in [0.2, 0.25) is 5.02 Å². The SMILES string of the molecule is COc1ncc(Cl)c(N2C[C@@H]3CCC[C@]3(c3nc(C)no3)C2)n1. The molecule has 23 heavy (non-hydrogen) atoms. The lowest BCUT2D eigenvalue weighted by Gasteiger charge is -2.24. The van der Waals surface area contributed by atoms with Crippen molar-refractivity contribution in [2.75, 3.05) is 25.1 Å². The Balaban J connectivity index is 1.70. The molecule has 2 aliphatic rings. The molecule has 0 N–H and O–H groups in total. The average molecular weight is 336 g/mol. The van der Waals surface area contributed by atoms with Gasteiger partial charge in [-0.1, -0.05) is 23.2 Å². The minimum atomic E-state index is -0.0945. The summed E-state index contributed by atoms with van der Waals surface area (Å²) >= 11 is 6.31. The van der Waals surface area contributed by atoms with Crippen LogP contribution in [0.4, 0.5) is 5.82 Å². The second kappa shape index (κ2) is 5.33. The predicted molar refractivity (Wildman–Crippen MR) is 83.9 cm³/mol. The van der Waals surface area contributed by atoms with Gasteiger partial charge < -0.3 is 14.2 Å². The monoisotopic (exact) mass is 335 g/mol. The van der Waals surface area contributed by atoms with E-state index in [0.717, 1.165) is 31.8 Å². The molecular weight excluding hydrogens is 318 g/mol. The van der Waals surface area contributed by atoms with Gasteiger partial charge in [0.25, 0.3) is 0 Å². The van der Waals surface area contributed by atoms with E-state index in [4.69, 9.17) is 20.9 Å². The van der Waals surface area contributed by atoms with Crippen molar-refractivity contribution in [2.24, 2.45) is 5.92 Å². The number of anilines is 1. The quantitative estimate of drug-likeness (QED) is 0.852. The van der Waals surface area contributed by atoms with Gasteiger partial charge in [-0.2, -0.15) is 9.97 Å². The van der Waals surface area contributed by atoms with E-state index < -0.39 is 0 Å². The van der Waals surface area contributed by atoms with Gasteiger partial charge in [0, 0.05) is 13.1 Å². The number of hydrogen-bond donors (Lipinski definition) is 0. The summed E-state index contributed by atoms with van der Waals surface area (Å²) in [7, 11) is 1.55. The molecule has 0 bridgehead atoms. The molecule has 1 aliphatic carbocycles. The van der Waals surface area contributed by atoms with Crippen LogP contribution < -0.4 is 9.64 Å². The number of rotatable bonds is 3. The van der Waals surface area contributed by atoms with E-state index in [9.17, 15) is 0 Å². The highest BCUT2D eigenvalue weighted by Crippen LogP contribution is 2.51. The maximum absolute atomic E-state index is 6.31. The molecule has 3 heterocycles. The van der Waals surface area contributed by atoms with Gasteiger partial charge in [-0.25, -0.2) is 4.98 Å². The number of halogens is 1. The Morgan fingerprint density at radius 3 is 3.04 bits per heavy atom. The molecule has 0 spiro atoms. The molecule has 1 aliphatic heterocycles. The van der Waals surface area contributed by atoms with Gasteiger partial charge >= 0.3 is 6.01 Å². The average Bonchev–Trinajstić information content (AvgIpc) is 3.21. The first-order chi connectivity index (χ1) is 11.1. The second-order valence-electron chi connectivity index (χ2n) is 6.30. The third-order valence-electron chi connectivity index (χ3n) is 5.01. The normalized spacial score (nSPS) is 26.6. The highest BCUT2D eigenvalue weighted by atomic mass is 35.5. The van der Waals surface area contributed by atoms with E-state index in [0.29, 0.717) is 28.6 Å². The first-order valence-corrected chi connectivity index (χ1v) is 8.12. The van der Waals surface area contributed by atoms with E-state index in [1.807, 2.05) is 6.92 Å². The van der Waals surface area contributed by atoms with Crippen LogP contribution in [0, 0.1) is 12.8 Å². The maximum Gasteiger partial charge on any atom is 0.318 e. The zero-order valence-corrected chi connectivity index (χ0v) is 13.9. The van der Waals surface area contributed by atoms with Crippen LogP contribution >= 0.6 is 11.6 Å². The van der Waals surface area contributed by atoms with Crippen LogP contribution in [-0.4, -0.2) is 40.3 Å². The summed E-state index contributed by atoms with van der Waals surface area (Å²) in [5.41, 5.74) is -0.0945. The fourth-order valence-electron chi connectivity index (χ4n) is 3.96. The topological polar surface area (TPSA) is 77.2 Å². The van der Waals surface area contributed by atoms with Crippen molar-refractivity contribution in [3.63, 3.8) is 0 Å². The smallest absolute Gasteiger partial charge is 0.318 e. The summed E-state index contributed by atoms with van der Waals surface area (Å²) in [4.78, 5) is 15.2. The van der Waals surface area contributed by atoms with Crippen LogP contribution in [0.5, 0.6) is 6.01 Å². The van der Waals surface area contributed by atoms with Crippen molar-refractivity contribution >= 4 is 17.4 Å². The molecule has 4 rings (SSSR count). The molecule has 7 nitrogen and oxygen atoms in total. The van der Waals surface area contributed by atoms with E-state index >= 15 is 0 Å². The fraction of sp³-hybridized carbons (Fsp3) is 0.600. The predicted octanol–water partition coefficient (Wildman–Crippen LogP) is 2.39. The molecule has 122 valence electrons. The first-order valence-electron chi connectivity index (χ1n) is 7.74. The van der Waals surface area contributed by atoms with Crippen LogP contribution in [0.3, 0.4) is 0 Å². The van der Waals surface area contributed by atoms with Gasteiger partial charge in [-0.3, -0.25) is 0 Å². The molecule has 0 unspecified atom stereocenters. The molecule has 0 radical (unpaired) electrons. The Morgan fingerprint density at radius 2 is 2.30 bits per heavy atom. The highest BCUT2D eigenvalue weighted by molar-refractivity contribution is 6.32. The zero-order chi connectivity index (χ0) is 16.0. The Morgan fingerprint density at radius 1 is 1.43 bits per heavy atom. The van der Waals surface area contributed by atoms with Crippen molar-refractivity contribution in [3.8, 4) is 6.01 Å². The number of hydrogen-bond acceptors (Lipinski definition) is 7. The van der Waals surface area contributed by atoms with Crippen LogP contribution in [0.25, 0.3) is 0 Å². The standard InChI is InChI=1S/C15H18ClN5O2/c1-9-18-13(23-20-9)15-5-3-4-10(15)7-21(8-15)12-11(16)6-17-14(19-12)22-2/h6,10H,3-5,7-8H2,1-2H3/t10-,15-/m0/s1. The number of methoxy groups -OCH3 is 1. The summed E-state index contributed by atoms with van der Waals surface area (Å²) < 4.78 is 10.7. The summed E-state index contributed by atoms with van der Waals surface area (Å²) in [6.45, 7) is 3.51. The highest BCUT2D eigenvalue weighted by Gasteiger charge is 2.54. The largest absolute Gasteiger partial charge is 0.467 e. The van der Waals surface area contributed by atoms with Crippen LogP contribution in [-0.2, 0) is 5.41 Å². The molecule has 1 saturated carbocycles. The molecule has 2 atom stereocenters. The van der Waals surface area contributed by atoms with E-state index in [2.05, 4.69) is 25.0 Å². The van der Waals surface area contributed by atoms with Gasteiger partial charge in [0.2, 0.25) is 5.89 Å². The lowest BCUT2D eigenvalue weighted by molar-refractivity contribution is 0.265. The molecule has 8 heteroatoms.